The third kappa shape index (κ3) is 3.36. The number of rotatable bonds is 3. The van der Waals surface area contributed by atoms with Crippen LogP contribution in [0.15, 0.2) is 22.8 Å². The van der Waals surface area contributed by atoms with Crippen LogP contribution in [0.2, 0.25) is 0 Å². The van der Waals surface area contributed by atoms with Crippen molar-refractivity contribution >= 4 is 28.6 Å². The Morgan fingerprint density at radius 1 is 1.16 bits per heavy atom. The molecule has 0 bridgehead atoms. The lowest BCUT2D eigenvalue weighted by Crippen LogP contribution is -2.40. The average molecular weight is 433 g/mol. The Morgan fingerprint density at radius 2 is 1.94 bits per heavy atom. The highest BCUT2D eigenvalue weighted by Gasteiger charge is 2.34. The summed E-state index contributed by atoms with van der Waals surface area (Å²) >= 11 is 0. The van der Waals surface area contributed by atoms with Gasteiger partial charge in [-0.25, -0.2) is 9.97 Å². The number of fused-ring (bicyclic) bond motifs is 2. The van der Waals surface area contributed by atoms with Crippen molar-refractivity contribution in [1.29, 1.82) is 0 Å². The highest BCUT2D eigenvalue weighted by molar-refractivity contribution is 6.00. The van der Waals surface area contributed by atoms with Crippen molar-refractivity contribution in [1.82, 2.24) is 14.9 Å². The van der Waals surface area contributed by atoms with Crippen LogP contribution in [0.1, 0.15) is 59.1 Å². The zero-order chi connectivity index (χ0) is 22.6. The first kappa shape index (κ1) is 20.7. The van der Waals surface area contributed by atoms with Gasteiger partial charge in [0.05, 0.1) is 25.1 Å². The molecule has 0 N–H and O–H groups in total. The summed E-state index contributed by atoms with van der Waals surface area (Å²) in [6.07, 6.45) is 5.15. The normalized spacial score (nSPS) is 18.5. The molecule has 2 aliphatic rings. The van der Waals surface area contributed by atoms with Crippen LogP contribution in [-0.4, -0.2) is 40.3 Å². The first-order valence-corrected chi connectivity index (χ1v) is 11.2. The molecule has 1 fully saturated rings. The molecule has 0 spiro atoms. The molecule has 166 valence electrons. The van der Waals surface area contributed by atoms with Gasteiger partial charge < -0.3 is 9.32 Å². The Hall–Kier alpha value is -3.22. The van der Waals surface area contributed by atoms with Gasteiger partial charge in [-0.1, -0.05) is 0 Å². The largest absolute Gasteiger partial charge is 0.464 e. The second kappa shape index (κ2) is 7.73. The number of aryl methyl sites for hydroxylation is 3. The van der Waals surface area contributed by atoms with E-state index in [1.807, 2.05) is 17.9 Å². The van der Waals surface area contributed by atoms with Crippen LogP contribution in [0.4, 0.5) is 5.82 Å². The SMILES string of the molecule is Cc1cc2occ(CC(=O)N3CCCC[C@@H]3c3nc(C)c4c(n3)N(C)C(=O)C4)c2cc1C. The molecule has 2 aliphatic heterocycles. The third-order valence-electron chi connectivity index (χ3n) is 6.96. The number of benzene rings is 1. The van der Waals surface area contributed by atoms with Gasteiger partial charge in [0.15, 0.2) is 5.82 Å². The topological polar surface area (TPSA) is 79.5 Å². The van der Waals surface area contributed by atoms with Crippen LogP contribution in [0.3, 0.4) is 0 Å². The molecule has 1 aromatic carbocycles. The summed E-state index contributed by atoms with van der Waals surface area (Å²) < 4.78 is 5.74. The fourth-order valence-electron chi connectivity index (χ4n) is 4.86. The van der Waals surface area contributed by atoms with Crippen molar-refractivity contribution in [3.05, 3.63) is 52.2 Å². The standard InChI is InChI=1S/C25H28N4O3/c1-14-9-19-17(13-32-21(19)10-15(14)2)11-23(31)29-8-6-5-7-20(29)24-26-16(3)18-12-22(30)28(4)25(18)27-24/h9-10,13,20H,5-8,11-12H2,1-4H3/t20-/m1/s1. The number of aromatic nitrogens is 2. The van der Waals surface area contributed by atoms with Crippen LogP contribution in [0.25, 0.3) is 11.0 Å². The molecule has 5 rings (SSSR count). The number of hydrogen-bond acceptors (Lipinski definition) is 5. The zero-order valence-corrected chi connectivity index (χ0v) is 19.1. The van der Waals surface area contributed by atoms with Gasteiger partial charge in [-0.15, -0.1) is 0 Å². The Morgan fingerprint density at radius 3 is 2.75 bits per heavy atom. The quantitative estimate of drug-likeness (QED) is 0.626. The van der Waals surface area contributed by atoms with Crippen LogP contribution in [0.5, 0.6) is 0 Å². The molecular formula is C25H28N4O3. The summed E-state index contributed by atoms with van der Waals surface area (Å²) in [6, 6.07) is 3.96. The van der Waals surface area contributed by atoms with Crippen molar-refractivity contribution in [2.75, 3.05) is 18.5 Å². The molecular weight excluding hydrogens is 404 g/mol. The smallest absolute Gasteiger partial charge is 0.232 e. The summed E-state index contributed by atoms with van der Waals surface area (Å²) in [7, 11) is 1.75. The molecule has 2 aromatic heterocycles. The van der Waals surface area contributed by atoms with Crippen LogP contribution in [-0.2, 0) is 22.4 Å². The molecule has 0 saturated carbocycles. The number of furan rings is 1. The molecule has 7 nitrogen and oxygen atoms in total. The summed E-state index contributed by atoms with van der Waals surface area (Å²) in [5.74, 6) is 1.41. The van der Waals surface area contributed by atoms with Crippen LogP contribution >= 0.6 is 0 Å². The minimum absolute atomic E-state index is 0.0310. The maximum Gasteiger partial charge on any atom is 0.232 e. The van der Waals surface area contributed by atoms with Gasteiger partial charge in [-0.2, -0.15) is 0 Å². The first-order valence-electron chi connectivity index (χ1n) is 11.2. The van der Waals surface area contributed by atoms with E-state index < -0.39 is 0 Å². The number of piperidine rings is 1. The predicted octanol–water partition coefficient (Wildman–Crippen LogP) is 3.96. The lowest BCUT2D eigenvalue weighted by molar-refractivity contribution is -0.134. The molecule has 4 heterocycles. The highest BCUT2D eigenvalue weighted by atomic mass is 16.3. The molecule has 0 unspecified atom stereocenters. The van der Waals surface area contributed by atoms with Gasteiger partial charge in [0.2, 0.25) is 11.8 Å². The van der Waals surface area contributed by atoms with E-state index in [0.717, 1.165) is 47.1 Å². The molecule has 0 aliphatic carbocycles. The zero-order valence-electron chi connectivity index (χ0n) is 19.1. The molecule has 0 radical (unpaired) electrons. The van der Waals surface area contributed by atoms with E-state index in [4.69, 9.17) is 14.4 Å². The maximum atomic E-state index is 13.4. The minimum atomic E-state index is -0.175. The van der Waals surface area contributed by atoms with Gasteiger partial charge in [-0.05, 0) is 63.3 Å². The minimum Gasteiger partial charge on any atom is -0.464 e. The molecule has 32 heavy (non-hydrogen) atoms. The number of likely N-dealkylation sites (tertiary alicyclic amines) is 1. The van der Waals surface area contributed by atoms with E-state index in [-0.39, 0.29) is 24.3 Å². The summed E-state index contributed by atoms with van der Waals surface area (Å²) in [5.41, 5.74) is 5.81. The molecule has 1 saturated heterocycles. The Labute approximate surface area is 187 Å². The van der Waals surface area contributed by atoms with E-state index >= 15 is 0 Å². The van der Waals surface area contributed by atoms with Crippen molar-refractivity contribution < 1.29 is 14.0 Å². The molecule has 1 atom stereocenters. The number of carbonyl (C=O) groups is 2. The Bertz CT molecular complexity index is 1250. The Balaban J connectivity index is 1.45. The van der Waals surface area contributed by atoms with Crippen LogP contribution in [0, 0.1) is 20.8 Å². The van der Waals surface area contributed by atoms with Crippen molar-refractivity contribution in [2.24, 2.45) is 0 Å². The van der Waals surface area contributed by atoms with Crippen LogP contribution < -0.4 is 4.90 Å². The van der Waals surface area contributed by atoms with E-state index in [1.54, 1.807) is 18.2 Å². The fraction of sp³-hybridized carbons (Fsp3) is 0.440. The predicted molar refractivity (Wildman–Crippen MR) is 122 cm³/mol. The van der Waals surface area contributed by atoms with Gasteiger partial charge in [0.25, 0.3) is 0 Å². The summed E-state index contributed by atoms with van der Waals surface area (Å²) in [6.45, 7) is 6.74. The number of carbonyl (C=O) groups excluding carboxylic acids is 2. The molecule has 2 amide bonds. The monoisotopic (exact) mass is 432 g/mol. The first-order chi connectivity index (χ1) is 15.3. The van der Waals surface area contributed by atoms with Gasteiger partial charge in [-0.3, -0.25) is 14.5 Å². The number of anilines is 1. The maximum absolute atomic E-state index is 13.4. The molecule has 7 heteroatoms. The number of amides is 2. The second-order valence-corrected chi connectivity index (χ2v) is 9.07. The lowest BCUT2D eigenvalue weighted by Gasteiger charge is -2.35. The van der Waals surface area contributed by atoms with E-state index in [1.165, 1.54) is 11.1 Å². The van der Waals surface area contributed by atoms with Crippen molar-refractivity contribution in [2.45, 2.75) is 58.9 Å². The molecule has 3 aromatic rings. The lowest BCUT2D eigenvalue weighted by atomic mass is 9.99. The van der Waals surface area contributed by atoms with E-state index in [0.29, 0.717) is 24.6 Å². The van der Waals surface area contributed by atoms with Gasteiger partial charge in [0.1, 0.15) is 11.4 Å². The Kier molecular flexibility index (Phi) is 4.99. The summed E-state index contributed by atoms with van der Waals surface area (Å²) in [4.78, 5) is 38.6. The van der Waals surface area contributed by atoms with E-state index in [2.05, 4.69) is 19.9 Å². The highest BCUT2D eigenvalue weighted by Crippen LogP contribution is 2.34. The van der Waals surface area contributed by atoms with Gasteiger partial charge >= 0.3 is 0 Å². The second-order valence-electron chi connectivity index (χ2n) is 9.07. The third-order valence-corrected chi connectivity index (χ3v) is 6.96. The number of nitrogens with zero attached hydrogens (tertiary/aromatic N) is 4. The number of likely N-dealkylation sites (N-methyl/N-ethyl adjacent to an activating group) is 1. The van der Waals surface area contributed by atoms with E-state index in [9.17, 15) is 9.59 Å². The van der Waals surface area contributed by atoms with Gasteiger partial charge in [0, 0.05) is 35.8 Å². The number of hydrogen-bond donors (Lipinski definition) is 0. The van der Waals surface area contributed by atoms with Crippen molar-refractivity contribution in [3.8, 4) is 0 Å². The average Bonchev–Trinajstić information content (AvgIpc) is 3.29. The fourth-order valence-corrected chi connectivity index (χ4v) is 4.86. The summed E-state index contributed by atoms with van der Waals surface area (Å²) in [5, 5.41) is 1.000. The van der Waals surface area contributed by atoms with Crippen molar-refractivity contribution in [3.63, 3.8) is 0 Å².